The van der Waals surface area contributed by atoms with Gasteiger partial charge in [0.15, 0.2) is 5.11 Å². The molecule has 0 fully saturated rings. The molecule has 2 aromatic carbocycles. The fourth-order valence-corrected chi connectivity index (χ4v) is 4.71. The van der Waals surface area contributed by atoms with Crippen molar-refractivity contribution >= 4 is 23.2 Å². The zero-order valence-electron chi connectivity index (χ0n) is 19.7. The van der Waals surface area contributed by atoms with Gasteiger partial charge in [0.2, 0.25) is 0 Å². The second kappa shape index (κ2) is 11.5. The normalized spacial score (nSPS) is 20.2. The van der Waals surface area contributed by atoms with Gasteiger partial charge < -0.3 is 29.9 Å². The predicted octanol–water partition coefficient (Wildman–Crippen LogP) is 3.33. The van der Waals surface area contributed by atoms with E-state index in [4.69, 9.17) is 21.7 Å². The Labute approximate surface area is 206 Å². The summed E-state index contributed by atoms with van der Waals surface area (Å²) in [4.78, 5) is 18.0. The first-order valence-corrected chi connectivity index (χ1v) is 12.1. The molecule has 2 atom stereocenters. The number of methoxy groups -OCH3 is 1. The van der Waals surface area contributed by atoms with Crippen LogP contribution in [0.5, 0.6) is 0 Å². The van der Waals surface area contributed by atoms with Crippen LogP contribution in [-0.4, -0.2) is 60.8 Å². The van der Waals surface area contributed by atoms with Crippen LogP contribution in [0.2, 0.25) is 0 Å². The highest BCUT2D eigenvalue weighted by Gasteiger charge is 2.43. The molecule has 2 N–H and O–H groups in total. The standard InChI is InChI=1S/C26H32N4O3S/c1-3-33-17-10-15-30-24-21(22(27-26(30)34)19-11-6-4-7-12-19)25(31)29(16-18-32-2)23(28-24)20-13-8-5-9-14-20/h4-9,11-14,22-23,28H,3,10,15-18H2,1-2H3,(H,27,34). The average Bonchev–Trinajstić information content (AvgIpc) is 2.87. The first-order valence-electron chi connectivity index (χ1n) is 11.7. The van der Waals surface area contributed by atoms with E-state index in [1.807, 2.05) is 77.4 Å². The van der Waals surface area contributed by atoms with Crippen molar-refractivity contribution in [2.45, 2.75) is 25.6 Å². The third-order valence-electron chi connectivity index (χ3n) is 6.06. The monoisotopic (exact) mass is 480 g/mol. The minimum atomic E-state index is -0.339. The number of thiocarbonyl (C=S) groups is 1. The number of nitrogens with zero attached hydrogens (tertiary/aromatic N) is 2. The van der Waals surface area contributed by atoms with E-state index in [2.05, 4.69) is 10.6 Å². The molecule has 0 bridgehead atoms. The summed E-state index contributed by atoms with van der Waals surface area (Å²) in [6, 6.07) is 19.6. The Morgan fingerprint density at radius 3 is 2.26 bits per heavy atom. The third-order valence-corrected chi connectivity index (χ3v) is 6.40. The van der Waals surface area contributed by atoms with Crippen LogP contribution in [0.4, 0.5) is 0 Å². The van der Waals surface area contributed by atoms with Gasteiger partial charge in [-0.2, -0.15) is 0 Å². The molecule has 2 aliphatic rings. The molecule has 7 nitrogen and oxygen atoms in total. The predicted molar refractivity (Wildman–Crippen MR) is 136 cm³/mol. The molecular weight excluding hydrogens is 448 g/mol. The summed E-state index contributed by atoms with van der Waals surface area (Å²) in [5.41, 5.74) is 2.67. The number of carbonyl (C=O) groups is 1. The summed E-state index contributed by atoms with van der Waals surface area (Å²) in [7, 11) is 1.65. The fourth-order valence-electron chi connectivity index (χ4n) is 4.41. The van der Waals surface area contributed by atoms with Gasteiger partial charge >= 0.3 is 0 Å². The summed E-state index contributed by atoms with van der Waals surface area (Å²) >= 11 is 5.80. The highest BCUT2D eigenvalue weighted by molar-refractivity contribution is 7.80. The molecule has 0 radical (unpaired) electrons. The Hall–Kier alpha value is -2.94. The number of hydrogen-bond acceptors (Lipinski definition) is 5. The highest BCUT2D eigenvalue weighted by Crippen LogP contribution is 2.37. The number of nitrogens with one attached hydrogen (secondary N) is 2. The second-order valence-electron chi connectivity index (χ2n) is 8.21. The number of benzene rings is 2. The van der Waals surface area contributed by atoms with E-state index in [0.29, 0.717) is 43.6 Å². The van der Waals surface area contributed by atoms with Crippen LogP contribution in [0.3, 0.4) is 0 Å². The molecule has 0 aromatic heterocycles. The Morgan fingerprint density at radius 2 is 1.62 bits per heavy atom. The van der Waals surface area contributed by atoms with E-state index in [1.165, 1.54) is 0 Å². The molecule has 1 amide bonds. The largest absolute Gasteiger partial charge is 0.383 e. The van der Waals surface area contributed by atoms with Crippen LogP contribution in [0.1, 0.15) is 36.7 Å². The molecule has 2 aromatic rings. The minimum Gasteiger partial charge on any atom is -0.383 e. The van der Waals surface area contributed by atoms with Crippen molar-refractivity contribution in [2.75, 3.05) is 40.0 Å². The molecule has 34 heavy (non-hydrogen) atoms. The lowest BCUT2D eigenvalue weighted by Gasteiger charge is -2.47. The molecule has 2 aliphatic heterocycles. The van der Waals surface area contributed by atoms with Crippen molar-refractivity contribution < 1.29 is 14.3 Å². The van der Waals surface area contributed by atoms with Crippen LogP contribution >= 0.6 is 12.2 Å². The maximum atomic E-state index is 14.1. The van der Waals surface area contributed by atoms with Gasteiger partial charge in [0.1, 0.15) is 12.0 Å². The highest BCUT2D eigenvalue weighted by atomic mass is 32.1. The molecule has 180 valence electrons. The van der Waals surface area contributed by atoms with Crippen molar-refractivity contribution in [1.29, 1.82) is 0 Å². The van der Waals surface area contributed by atoms with E-state index in [1.54, 1.807) is 7.11 Å². The summed E-state index contributed by atoms with van der Waals surface area (Å²) < 4.78 is 10.9. The third kappa shape index (κ3) is 5.09. The topological polar surface area (TPSA) is 66.1 Å². The molecule has 2 unspecified atom stereocenters. The number of rotatable bonds is 10. The Morgan fingerprint density at radius 1 is 0.941 bits per heavy atom. The molecule has 0 saturated carbocycles. The molecular formula is C26H32N4O3S. The molecule has 0 aliphatic carbocycles. The smallest absolute Gasteiger partial charge is 0.257 e. The lowest BCUT2D eigenvalue weighted by Crippen LogP contribution is -2.59. The lowest BCUT2D eigenvalue weighted by molar-refractivity contribution is -0.133. The van der Waals surface area contributed by atoms with Crippen LogP contribution < -0.4 is 10.6 Å². The lowest BCUT2D eigenvalue weighted by atomic mass is 9.93. The van der Waals surface area contributed by atoms with Gasteiger partial charge in [0, 0.05) is 33.4 Å². The molecule has 8 heteroatoms. The second-order valence-corrected chi connectivity index (χ2v) is 8.59. The van der Waals surface area contributed by atoms with Crippen LogP contribution in [0.25, 0.3) is 0 Å². The molecule has 0 spiro atoms. The van der Waals surface area contributed by atoms with Gasteiger partial charge in [-0.3, -0.25) is 4.79 Å². The first kappa shape index (κ1) is 24.2. The maximum Gasteiger partial charge on any atom is 0.257 e. The van der Waals surface area contributed by atoms with Crippen molar-refractivity contribution in [3.8, 4) is 0 Å². The van der Waals surface area contributed by atoms with Crippen molar-refractivity contribution in [3.63, 3.8) is 0 Å². The van der Waals surface area contributed by atoms with Crippen molar-refractivity contribution in [2.24, 2.45) is 0 Å². The van der Waals surface area contributed by atoms with Crippen molar-refractivity contribution in [1.82, 2.24) is 20.4 Å². The number of carbonyl (C=O) groups excluding carboxylic acids is 1. The summed E-state index contributed by atoms with van der Waals surface area (Å²) in [5.74, 6) is 0.736. The number of amides is 1. The molecule has 0 saturated heterocycles. The maximum absolute atomic E-state index is 14.1. The van der Waals surface area contributed by atoms with Gasteiger partial charge in [0.25, 0.3) is 5.91 Å². The van der Waals surface area contributed by atoms with Gasteiger partial charge in [-0.05, 0) is 36.7 Å². The summed E-state index contributed by atoms with van der Waals surface area (Å²) in [5, 5.41) is 7.69. The number of ether oxygens (including phenoxy) is 2. The summed E-state index contributed by atoms with van der Waals surface area (Å²) in [6.07, 6.45) is 0.469. The van der Waals surface area contributed by atoms with E-state index in [0.717, 1.165) is 23.4 Å². The average molecular weight is 481 g/mol. The quantitative estimate of drug-likeness (QED) is 0.399. The van der Waals surface area contributed by atoms with E-state index >= 15 is 0 Å². The summed E-state index contributed by atoms with van der Waals surface area (Å²) in [6.45, 7) is 4.85. The Kier molecular flexibility index (Phi) is 8.16. The van der Waals surface area contributed by atoms with Gasteiger partial charge in [-0.1, -0.05) is 60.7 Å². The Balaban J connectivity index is 1.77. The van der Waals surface area contributed by atoms with Crippen LogP contribution in [0, 0.1) is 0 Å². The SMILES string of the molecule is CCOCCCN1C(=S)NC(c2ccccc2)C2=C1NC(c1ccccc1)N(CCOC)C2=O. The Bertz CT molecular complexity index is 1020. The molecule has 4 rings (SSSR count). The number of hydrogen-bond donors (Lipinski definition) is 2. The van der Waals surface area contributed by atoms with Gasteiger partial charge in [0.05, 0.1) is 18.2 Å². The van der Waals surface area contributed by atoms with Crippen molar-refractivity contribution in [3.05, 3.63) is 83.2 Å². The first-order chi connectivity index (χ1) is 16.7. The van der Waals surface area contributed by atoms with Crippen LogP contribution in [-0.2, 0) is 14.3 Å². The minimum absolute atomic E-state index is 0.0293. The zero-order valence-corrected chi connectivity index (χ0v) is 20.5. The van der Waals surface area contributed by atoms with E-state index in [-0.39, 0.29) is 18.1 Å². The van der Waals surface area contributed by atoms with Gasteiger partial charge in [-0.25, -0.2) is 0 Å². The van der Waals surface area contributed by atoms with Gasteiger partial charge in [-0.15, -0.1) is 0 Å². The van der Waals surface area contributed by atoms with Crippen LogP contribution in [0.15, 0.2) is 72.1 Å². The fraction of sp³-hybridized carbons (Fsp3) is 0.385. The van der Waals surface area contributed by atoms with E-state index < -0.39 is 0 Å². The zero-order chi connectivity index (χ0) is 23.9. The van der Waals surface area contributed by atoms with E-state index in [9.17, 15) is 4.79 Å². The molecule has 2 heterocycles.